The molecule has 2 aromatic carbocycles. The second kappa shape index (κ2) is 12.2. The van der Waals surface area contributed by atoms with Crippen LogP contribution < -0.4 is 10.6 Å². The number of halogens is 1. The lowest BCUT2D eigenvalue weighted by Crippen LogP contribution is -2.39. The predicted molar refractivity (Wildman–Crippen MR) is 135 cm³/mol. The monoisotopic (exact) mass is 473 g/mol. The molecule has 0 fully saturated rings. The summed E-state index contributed by atoms with van der Waals surface area (Å²) in [7, 11) is 1.44. The minimum Gasteiger partial charge on any atom is -0.469 e. The molecule has 0 heterocycles. The number of benzene rings is 2. The number of rotatable bonds is 10. The Labute approximate surface area is 201 Å². The molecule has 5 nitrogen and oxygen atoms in total. The van der Waals surface area contributed by atoms with E-state index in [1.807, 2.05) is 29.2 Å². The maximum absolute atomic E-state index is 11.6. The van der Waals surface area contributed by atoms with Crippen molar-refractivity contribution in [3.05, 3.63) is 64.7 Å². The summed E-state index contributed by atoms with van der Waals surface area (Å²) in [5.74, 6) is -0.156. The normalized spacial score (nSPS) is 15.3. The number of aryl methyl sites for hydroxylation is 1. The van der Waals surface area contributed by atoms with Crippen LogP contribution in [0.15, 0.2) is 48.5 Å². The average Bonchev–Trinajstić information content (AvgIpc) is 2.80. The predicted octanol–water partition coefficient (Wildman–Crippen LogP) is 5.11. The molecule has 0 radical (unpaired) electrons. The number of methoxy groups -OCH3 is 1. The molecule has 0 saturated heterocycles. The summed E-state index contributed by atoms with van der Waals surface area (Å²) in [6, 6.07) is 16.7. The SMILES string of the molecule is COC(=O)CCCN(CCCN(C(N)=S)c1ccc(Cl)cc1)C1CCCc2ccccc21. The van der Waals surface area contributed by atoms with E-state index < -0.39 is 0 Å². The van der Waals surface area contributed by atoms with Gasteiger partial charge in [-0.1, -0.05) is 35.9 Å². The van der Waals surface area contributed by atoms with Crippen molar-refractivity contribution in [2.45, 2.75) is 44.6 Å². The molecule has 172 valence electrons. The number of fused-ring (bicyclic) bond motifs is 1. The van der Waals surface area contributed by atoms with Crippen LogP contribution in [-0.4, -0.2) is 42.7 Å². The van der Waals surface area contributed by atoms with E-state index in [0.717, 1.165) is 51.0 Å². The Morgan fingerprint density at radius 1 is 1.12 bits per heavy atom. The summed E-state index contributed by atoms with van der Waals surface area (Å²) in [6.07, 6.45) is 5.56. The second-order valence-corrected chi connectivity index (χ2v) is 9.00. The third kappa shape index (κ3) is 6.67. The van der Waals surface area contributed by atoms with E-state index in [0.29, 0.717) is 22.6 Å². The number of nitrogens with two attached hydrogens (primary N) is 1. The van der Waals surface area contributed by atoms with Gasteiger partial charge in [-0.05, 0) is 86.3 Å². The molecular weight excluding hydrogens is 442 g/mol. The van der Waals surface area contributed by atoms with E-state index in [2.05, 4.69) is 29.2 Å². The fourth-order valence-corrected chi connectivity index (χ4v) is 4.80. The molecule has 1 unspecified atom stereocenters. The zero-order valence-electron chi connectivity index (χ0n) is 18.6. The van der Waals surface area contributed by atoms with E-state index in [1.54, 1.807) is 0 Å². The highest BCUT2D eigenvalue weighted by Gasteiger charge is 2.25. The fourth-order valence-electron chi connectivity index (χ4n) is 4.48. The van der Waals surface area contributed by atoms with Gasteiger partial charge in [-0.3, -0.25) is 9.69 Å². The van der Waals surface area contributed by atoms with Crippen LogP contribution in [0.1, 0.15) is 49.3 Å². The van der Waals surface area contributed by atoms with Crippen LogP contribution in [0.25, 0.3) is 0 Å². The van der Waals surface area contributed by atoms with Gasteiger partial charge in [-0.25, -0.2) is 0 Å². The van der Waals surface area contributed by atoms with Gasteiger partial charge < -0.3 is 15.4 Å². The first kappa shape index (κ1) is 24.5. The molecule has 1 aliphatic rings. The molecule has 0 aromatic heterocycles. The first-order chi connectivity index (χ1) is 15.5. The number of carbonyl (C=O) groups excluding carboxylic acids is 1. The van der Waals surface area contributed by atoms with Crippen molar-refractivity contribution in [1.29, 1.82) is 0 Å². The molecule has 0 saturated carbocycles. The molecule has 7 heteroatoms. The minimum atomic E-state index is -0.156. The summed E-state index contributed by atoms with van der Waals surface area (Å²) in [6.45, 7) is 2.47. The minimum absolute atomic E-state index is 0.156. The topological polar surface area (TPSA) is 58.8 Å². The third-order valence-corrected chi connectivity index (χ3v) is 6.54. The highest BCUT2D eigenvalue weighted by atomic mass is 35.5. The second-order valence-electron chi connectivity index (χ2n) is 8.14. The number of thiocarbonyl (C=S) groups is 1. The number of esters is 1. The van der Waals surface area contributed by atoms with Gasteiger partial charge in [-0.2, -0.15) is 0 Å². The molecule has 0 aliphatic heterocycles. The molecule has 1 atom stereocenters. The Bertz CT molecular complexity index is 906. The van der Waals surface area contributed by atoms with E-state index in [4.69, 9.17) is 34.3 Å². The van der Waals surface area contributed by atoms with Gasteiger partial charge in [0.25, 0.3) is 0 Å². The molecule has 2 N–H and O–H groups in total. The van der Waals surface area contributed by atoms with Crippen LogP contribution in [0.2, 0.25) is 5.02 Å². The van der Waals surface area contributed by atoms with Crippen LogP contribution in [0.3, 0.4) is 0 Å². The van der Waals surface area contributed by atoms with E-state index >= 15 is 0 Å². The first-order valence-electron chi connectivity index (χ1n) is 11.2. The Hall–Kier alpha value is -2.15. The average molecular weight is 474 g/mol. The summed E-state index contributed by atoms with van der Waals surface area (Å²) in [5, 5.41) is 1.04. The molecule has 32 heavy (non-hydrogen) atoms. The Morgan fingerprint density at radius 2 is 1.84 bits per heavy atom. The smallest absolute Gasteiger partial charge is 0.305 e. The number of ether oxygens (including phenoxy) is 1. The number of nitrogens with zero attached hydrogens (tertiary/aromatic N) is 2. The quantitative estimate of drug-likeness (QED) is 0.382. The van der Waals surface area contributed by atoms with E-state index in [1.165, 1.54) is 24.7 Å². The lowest BCUT2D eigenvalue weighted by molar-refractivity contribution is -0.140. The summed E-state index contributed by atoms with van der Waals surface area (Å²) < 4.78 is 4.83. The van der Waals surface area contributed by atoms with Crippen molar-refractivity contribution >= 4 is 40.6 Å². The van der Waals surface area contributed by atoms with Crippen LogP contribution in [-0.2, 0) is 16.0 Å². The van der Waals surface area contributed by atoms with Crippen molar-refractivity contribution < 1.29 is 9.53 Å². The van der Waals surface area contributed by atoms with E-state index in [9.17, 15) is 4.79 Å². The molecular formula is C25H32ClN3O2S. The Morgan fingerprint density at radius 3 is 2.56 bits per heavy atom. The lowest BCUT2D eigenvalue weighted by atomic mass is 9.86. The van der Waals surface area contributed by atoms with Crippen LogP contribution in [0.4, 0.5) is 5.69 Å². The highest BCUT2D eigenvalue weighted by Crippen LogP contribution is 2.34. The van der Waals surface area contributed by atoms with Gasteiger partial charge in [0, 0.05) is 36.3 Å². The van der Waals surface area contributed by atoms with Crippen molar-refractivity contribution in [3.8, 4) is 0 Å². The largest absolute Gasteiger partial charge is 0.469 e. The van der Waals surface area contributed by atoms with Crippen molar-refractivity contribution in [1.82, 2.24) is 4.90 Å². The standard InChI is InChI=1S/C25H32ClN3O2S/c1-31-24(30)11-5-16-28(23-10-4-8-19-7-2-3-9-22(19)23)17-6-18-29(25(27)32)21-14-12-20(26)13-15-21/h2-3,7,9,12-15,23H,4-6,8,10-11,16-18H2,1H3,(H2,27,32). The van der Waals surface area contributed by atoms with Gasteiger partial charge in [-0.15, -0.1) is 0 Å². The Balaban J connectivity index is 1.69. The van der Waals surface area contributed by atoms with Gasteiger partial charge in [0.05, 0.1) is 7.11 Å². The number of anilines is 1. The summed E-state index contributed by atoms with van der Waals surface area (Å²) >= 11 is 11.3. The van der Waals surface area contributed by atoms with Gasteiger partial charge >= 0.3 is 5.97 Å². The molecule has 1 aliphatic carbocycles. The molecule has 0 spiro atoms. The first-order valence-corrected chi connectivity index (χ1v) is 12.0. The van der Waals surface area contributed by atoms with E-state index in [-0.39, 0.29) is 5.97 Å². The summed E-state index contributed by atoms with van der Waals surface area (Å²) in [5.41, 5.74) is 9.82. The fraction of sp³-hybridized carbons (Fsp3) is 0.440. The molecule has 2 aromatic rings. The van der Waals surface area contributed by atoms with Crippen LogP contribution in [0.5, 0.6) is 0 Å². The van der Waals surface area contributed by atoms with Crippen LogP contribution in [0, 0.1) is 0 Å². The molecule has 0 amide bonds. The number of carbonyl (C=O) groups is 1. The maximum atomic E-state index is 11.6. The molecule has 3 rings (SSSR count). The van der Waals surface area contributed by atoms with Gasteiger partial charge in [0.15, 0.2) is 5.11 Å². The molecule has 0 bridgehead atoms. The van der Waals surface area contributed by atoms with Gasteiger partial charge in [0.1, 0.15) is 0 Å². The third-order valence-electron chi connectivity index (χ3n) is 6.06. The van der Waals surface area contributed by atoms with Crippen LogP contribution >= 0.6 is 23.8 Å². The van der Waals surface area contributed by atoms with Crippen molar-refractivity contribution in [3.63, 3.8) is 0 Å². The van der Waals surface area contributed by atoms with Crippen molar-refractivity contribution in [2.24, 2.45) is 5.73 Å². The highest BCUT2D eigenvalue weighted by molar-refractivity contribution is 7.80. The lowest BCUT2D eigenvalue weighted by Gasteiger charge is -2.36. The maximum Gasteiger partial charge on any atom is 0.305 e. The Kier molecular flexibility index (Phi) is 9.33. The summed E-state index contributed by atoms with van der Waals surface area (Å²) in [4.78, 5) is 16.1. The zero-order chi connectivity index (χ0) is 22.9. The van der Waals surface area contributed by atoms with Crippen molar-refractivity contribution in [2.75, 3.05) is 31.6 Å². The van der Waals surface area contributed by atoms with Gasteiger partial charge in [0.2, 0.25) is 0 Å². The number of hydrogen-bond donors (Lipinski definition) is 1. The zero-order valence-corrected chi connectivity index (χ0v) is 20.2. The number of hydrogen-bond acceptors (Lipinski definition) is 4.